The molecule has 0 aliphatic carbocycles. The summed E-state index contributed by atoms with van der Waals surface area (Å²) in [6.45, 7) is 4.62. The minimum Gasteiger partial charge on any atom is -0.466 e. The van der Waals surface area contributed by atoms with E-state index in [4.69, 9.17) is 4.74 Å². The van der Waals surface area contributed by atoms with E-state index in [-0.39, 0.29) is 5.97 Å². The van der Waals surface area contributed by atoms with Crippen LogP contribution in [0.5, 0.6) is 0 Å². The fourth-order valence-corrected chi connectivity index (χ4v) is 2.57. The molecule has 0 aliphatic heterocycles. The van der Waals surface area contributed by atoms with Gasteiger partial charge in [-0.3, -0.25) is 4.79 Å². The zero-order valence-electron chi connectivity index (χ0n) is 15.1. The number of esters is 1. The van der Waals surface area contributed by atoms with Crippen molar-refractivity contribution in [2.24, 2.45) is 0 Å². The van der Waals surface area contributed by atoms with Gasteiger partial charge in [0.15, 0.2) is 0 Å². The summed E-state index contributed by atoms with van der Waals surface area (Å²) >= 11 is 0. The quantitative estimate of drug-likeness (QED) is 0.183. The minimum absolute atomic E-state index is 0.0545. The normalized spacial score (nSPS) is 11.2. The van der Waals surface area contributed by atoms with Gasteiger partial charge in [-0.05, 0) is 39.0 Å². The molecule has 0 N–H and O–H groups in total. The molecule has 0 unspecified atom stereocenters. The van der Waals surface area contributed by atoms with Gasteiger partial charge in [0.05, 0.1) is 6.61 Å². The second-order valence-electron chi connectivity index (χ2n) is 6.14. The zero-order chi connectivity index (χ0) is 16.3. The number of hydrogen-bond acceptors (Lipinski definition) is 2. The van der Waals surface area contributed by atoms with Crippen molar-refractivity contribution in [1.29, 1.82) is 0 Å². The Bertz CT molecular complexity index is 258. The highest BCUT2D eigenvalue weighted by atomic mass is 16.5. The molecule has 2 nitrogen and oxygen atoms in total. The molecule has 0 saturated carbocycles. The van der Waals surface area contributed by atoms with Gasteiger partial charge in [0, 0.05) is 6.42 Å². The molecule has 0 rings (SSSR count). The van der Waals surface area contributed by atoms with Crippen LogP contribution in [0.1, 0.15) is 104 Å². The van der Waals surface area contributed by atoms with Crippen molar-refractivity contribution >= 4 is 5.97 Å². The number of ether oxygens (including phenoxy) is 1. The van der Waals surface area contributed by atoms with Crippen molar-refractivity contribution < 1.29 is 9.53 Å². The molecular weight excluding hydrogens is 272 g/mol. The van der Waals surface area contributed by atoms with Gasteiger partial charge in [0.1, 0.15) is 0 Å². The molecule has 0 aromatic rings. The van der Waals surface area contributed by atoms with E-state index < -0.39 is 0 Å². The Balaban J connectivity index is 3.13. The van der Waals surface area contributed by atoms with E-state index in [2.05, 4.69) is 19.1 Å². The molecule has 0 fully saturated rings. The van der Waals surface area contributed by atoms with Crippen molar-refractivity contribution in [2.45, 2.75) is 104 Å². The van der Waals surface area contributed by atoms with Crippen LogP contribution in [0, 0.1) is 0 Å². The molecule has 2 heteroatoms. The van der Waals surface area contributed by atoms with Gasteiger partial charge in [0.25, 0.3) is 0 Å². The molecule has 0 aromatic heterocycles. The molecule has 22 heavy (non-hydrogen) atoms. The van der Waals surface area contributed by atoms with Crippen LogP contribution in [-0.2, 0) is 9.53 Å². The van der Waals surface area contributed by atoms with Gasteiger partial charge < -0.3 is 4.74 Å². The highest BCUT2D eigenvalue weighted by Gasteiger charge is 1.99. The Hall–Kier alpha value is -0.790. The summed E-state index contributed by atoms with van der Waals surface area (Å²) in [4.78, 5) is 11.1. The van der Waals surface area contributed by atoms with E-state index in [0.29, 0.717) is 13.0 Å². The Morgan fingerprint density at radius 3 is 1.77 bits per heavy atom. The van der Waals surface area contributed by atoms with Gasteiger partial charge >= 0.3 is 5.97 Å². The van der Waals surface area contributed by atoms with Gasteiger partial charge in [-0.15, -0.1) is 0 Å². The molecule has 0 saturated heterocycles. The predicted octanol–water partition coefficient (Wildman–Crippen LogP) is 6.59. The third-order valence-corrected chi connectivity index (χ3v) is 3.95. The molecular formula is C20H38O2. The molecule has 0 aromatic carbocycles. The number of hydrogen-bond donors (Lipinski definition) is 0. The first kappa shape index (κ1) is 21.2. The minimum atomic E-state index is -0.0545. The van der Waals surface area contributed by atoms with Gasteiger partial charge in [0.2, 0.25) is 0 Å². The van der Waals surface area contributed by atoms with E-state index in [9.17, 15) is 4.79 Å². The Morgan fingerprint density at radius 2 is 1.23 bits per heavy atom. The first-order chi connectivity index (χ1) is 10.8. The zero-order valence-corrected chi connectivity index (χ0v) is 15.1. The van der Waals surface area contributed by atoms with Crippen LogP contribution >= 0.6 is 0 Å². The maximum absolute atomic E-state index is 11.1. The number of unbranched alkanes of at least 4 members (excludes halogenated alkanes) is 11. The Kier molecular flexibility index (Phi) is 17.6. The first-order valence-corrected chi connectivity index (χ1v) is 9.61. The van der Waals surface area contributed by atoms with Crippen molar-refractivity contribution in [3.05, 3.63) is 12.2 Å². The van der Waals surface area contributed by atoms with E-state index in [0.717, 1.165) is 19.3 Å². The number of carbonyl (C=O) groups excluding carboxylic acids is 1. The lowest BCUT2D eigenvalue weighted by molar-refractivity contribution is -0.143. The standard InChI is InChI=1S/C20H38O2/c1-3-5-6-7-8-9-10-11-12-13-14-15-16-17-18-19-20(21)22-4-2/h14-15H,3-13,16-19H2,1-2H3/b15-14-. The summed E-state index contributed by atoms with van der Waals surface area (Å²) in [5.74, 6) is -0.0545. The molecule has 0 aliphatic rings. The van der Waals surface area contributed by atoms with Crippen LogP contribution < -0.4 is 0 Å². The number of rotatable bonds is 16. The lowest BCUT2D eigenvalue weighted by atomic mass is 10.1. The molecule has 0 heterocycles. The third-order valence-electron chi connectivity index (χ3n) is 3.95. The topological polar surface area (TPSA) is 26.3 Å². The van der Waals surface area contributed by atoms with Crippen LogP contribution in [0.3, 0.4) is 0 Å². The molecule has 0 atom stereocenters. The summed E-state index contributed by atoms with van der Waals surface area (Å²) in [6, 6.07) is 0. The monoisotopic (exact) mass is 310 g/mol. The van der Waals surface area contributed by atoms with E-state index in [1.165, 1.54) is 64.2 Å². The Labute approximate surface area is 138 Å². The Morgan fingerprint density at radius 1 is 0.727 bits per heavy atom. The SMILES string of the molecule is CCCCCCCCCCC/C=C\CCCCC(=O)OCC. The maximum Gasteiger partial charge on any atom is 0.305 e. The first-order valence-electron chi connectivity index (χ1n) is 9.61. The smallest absolute Gasteiger partial charge is 0.305 e. The van der Waals surface area contributed by atoms with Gasteiger partial charge in [-0.1, -0.05) is 70.4 Å². The summed E-state index contributed by atoms with van der Waals surface area (Å²) in [7, 11) is 0. The summed E-state index contributed by atoms with van der Waals surface area (Å²) in [6.07, 6.45) is 22.1. The van der Waals surface area contributed by atoms with Crippen LogP contribution in [0.2, 0.25) is 0 Å². The van der Waals surface area contributed by atoms with Crippen molar-refractivity contribution in [2.75, 3.05) is 6.61 Å². The van der Waals surface area contributed by atoms with Gasteiger partial charge in [-0.2, -0.15) is 0 Å². The van der Waals surface area contributed by atoms with E-state index in [1.807, 2.05) is 6.92 Å². The maximum atomic E-state index is 11.1. The lowest BCUT2D eigenvalue weighted by Crippen LogP contribution is -2.02. The molecule has 0 amide bonds. The van der Waals surface area contributed by atoms with Gasteiger partial charge in [-0.25, -0.2) is 0 Å². The predicted molar refractivity (Wildman–Crippen MR) is 96.1 cm³/mol. The number of carbonyl (C=O) groups is 1. The molecule has 0 radical (unpaired) electrons. The summed E-state index contributed by atoms with van der Waals surface area (Å²) in [5, 5.41) is 0. The lowest BCUT2D eigenvalue weighted by Gasteiger charge is -2.01. The largest absolute Gasteiger partial charge is 0.466 e. The van der Waals surface area contributed by atoms with E-state index >= 15 is 0 Å². The highest BCUT2D eigenvalue weighted by molar-refractivity contribution is 5.69. The molecule has 130 valence electrons. The van der Waals surface area contributed by atoms with Crippen LogP contribution in [-0.4, -0.2) is 12.6 Å². The second-order valence-corrected chi connectivity index (χ2v) is 6.14. The van der Waals surface area contributed by atoms with Crippen LogP contribution in [0.15, 0.2) is 12.2 Å². The summed E-state index contributed by atoms with van der Waals surface area (Å²) < 4.78 is 4.90. The highest BCUT2D eigenvalue weighted by Crippen LogP contribution is 2.11. The summed E-state index contributed by atoms with van der Waals surface area (Å²) in [5.41, 5.74) is 0. The van der Waals surface area contributed by atoms with Crippen LogP contribution in [0.4, 0.5) is 0 Å². The van der Waals surface area contributed by atoms with Crippen molar-refractivity contribution in [3.63, 3.8) is 0 Å². The number of allylic oxidation sites excluding steroid dienone is 2. The average Bonchev–Trinajstić information content (AvgIpc) is 2.51. The van der Waals surface area contributed by atoms with E-state index in [1.54, 1.807) is 0 Å². The third kappa shape index (κ3) is 17.3. The van der Waals surface area contributed by atoms with Crippen molar-refractivity contribution in [3.8, 4) is 0 Å². The fraction of sp³-hybridized carbons (Fsp3) is 0.850. The average molecular weight is 311 g/mol. The van der Waals surface area contributed by atoms with Crippen LogP contribution in [0.25, 0.3) is 0 Å². The van der Waals surface area contributed by atoms with Crippen molar-refractivity contribution in [1.82, 2.24) is 0 Å². The fourth-order valence-electron chi connectivity index (χ4n) is 2.57. The second kappa shape index (κ2) is 18.3. The molecule has 0 spiro atoms. The molecule has 0 bridgehead atoms.